The Morgan fingerprint density at radius 3 is 2.53 bits per heavy atom. The van der Waals surface area contributed by atoms with Crippen molar-refractivity contribution in [1.29, 1.82) is 0 Å². The smallest absolute Gasteiger partial charge is 0.142 e. The third kappa shape index (κ3) is 2.76. The fraction of sp³-hybridized carbons (Fsp3) is 0.455. The van der Waals surface area contributed by atoms with Gasteiger partial charge in [0.25, 0.3) is 0 Å². The number of hydrogen-bond donors (Lipinski definition) is 1. The molecule has 2 rings (SSSR count). The molecule has 4 heteroatoms. The normalized spacial score (nSPS) is 15.7. The van der Waals surface area contributed by atoms with Gasteiger partial charge in [0, 0.05) is 38.6 Å². The van der Waals surface area contributed by atoms with Crippen LogP contribution in [0.5, 0.6) is 5.75 Å². The van der Waals surface area contributed by atoms with Gasteiger partial charge in [0.05, 0.1) is 12.8 Å². The number of hydrogen-bond acceptors (Lipinski definition) is 3. The summed E-state index contributed by atoms with van der Waals surface area (Å²) in [5, 5.41) is 3.34. The van der Waals surface area contributed by atoms with Crippen LogP contribution in [0.15, 0.2) is 24.3 Å². The number of anilines is 1. The maximum Gasteiger partial charge on any atom is 0.142 e. The minimum atomic E-state index is 0. The van der Waals surface area contributed by atoms with Crippen LogP contribution in [0.2, 0.25) is 0 Å². The Hall–Kier alpha value is -0.930. The minimum absolute atomic E-state index is 0. The Balaban J connectivity index is 0.00000112. The summed E-state index contributed by atoms with van der Waals surface area (Å²) < 4.78 is 5.34. The number of ether oxygens (including phenoxy) is 1. The monoisotopic (exact) mass is 227 g/mol. The molecule has 1 aromatic rings. The van der Waals surface area contributed by atoms with Crippen LogP contribution in [0.25, 0.3) is 0 Å². The molecule has 0 atom stereocenters. The molecular weight excluding hydrogens is 212 g/mol. The van der Waals surface area contributed by atoms with Crippen molar-refractivity contribution < 1.29 is 4.74 Å². The average molecular weight is 228 g/mol. The van der Waals surface area contributed by atoms with E-state index in [1.54, 1.807) is 7.11 Å². The zero-order chi connectivity index (χ0) is 9.80. The largest absolute Gasteiger partial charge is 0.495 e. The fourth-order valence-electron chi connectivity index (χ4n) is 1.80. The molecule has 0 amide bonds. The fourth-order valence-corrected chi connectivity index (χ4v) is 1.80. The third-order valence-electron chi connectivity index (χ3n) is 2.54. The Bertz CT molecular complexity index is 300. The third-order valence-corrected chi connectivity index (χ3v) is 2.54. The molecule has 3 nitrogen and oxygen atoms in total. The van der Waals surface area contributed by atoms with Gasteiger partial charge in [-0.25, -0.2) is 0 Å². The molecule has 0 aromatic heterocycles. The number of nitrogens with zero attached hydrogens (tertiary/aromatic N) is 1. The summed E-state index contributed by atoms with van der Waals surface area (Å²) in [5.41, 5.74) is 1.21. The Labute approximate surface area is 96.8 Å². The van der Waals surface area contributed by atoms with Gasteiger partial charge >= 0.3 is 0 Å². The lowest BCUT2D eigenvalue weighted by Gasteiger charge is -2.30. The topological polar surface area (TPSA) is 24.5 Å². The quantitative estimate of drug-likeness (QED) is 0.834. The standard InChI is InChI=1S/C11H16N2O.Cl/c1-14-11-5-3-2-4-10(11)13-8-6-12-7-9-13;/h2-5,12H,6-9H2,1H3;. The first-order valence-electron chi connectivity index (χ1n) is 5.00. The molecule has 0 saturated carbocycles. The highest BCUT2D eigenvalue weighted by atomic mass is 35.5. The zero-order valence-corrected chi connectivity index (χ0v) is 9.63. The van der Waals surface area contributed by atoms with Crippen molar-refractivity contribution in [3.63, 3.8) is 0 Å². The molecule has 1 N–H and O–H groups in total. The van der Waals surface area contributed by atoms with Crippen molar-refractivity contribution in [3.8, 4) is 5.75 Å². The van der Waals surface area contributed by atoms with Gasteiger partial charge in [0.1, 0.15) is 5.75 Å². The number of halogens is 1. The summed E-state index contributed by atoms with van der Waals surface area (Å²) in [7, 11) is 1.72. The molecule has 0 aliphatic carbocycles. The van der Waals surface area contributed by atoms with E-state index in [-0.39, 0.29) is 12.4 Å². The summed E-state index contributed by atoms with van der Waals surface area (Å²) in [6.07, 6.45) is 0. The van der Waals surface area contributed by atoms with Gasteiger partial charge in [0.15, 0.2) is 0 Å². The van der Waals surface area contributed by atoms with Crippen LogP contribution in [0.4, 0.5) is 5.69 Å². The van der Waals surface area contributed by atoms with Crippen LogP contribution < -0.4 is 15.0 Å². The van der Waals surface area contributed by atoms with E-state index in [2.05, 4.69) is 22.3 Å². The van der Waals surface area contributed by atoms with Gasteiger partial charge in [0.2, 0.25) is 0 Å². The number of para-hydroxylation sites is 2. The molecule has 1 heterocycles. The lowest BCUT2D eigenvalue weighted by molar-refractivity contribution is 0.413. The van der Waals surface area contributed by atoms with E-state index < -0.39 is 0 Å². The van der Waals surface area contributed by atoms with Gasteiger partial charge in [-0.2, -0.15) is 0 Å². The molecule has 1 fully saturated rings. The number of methoxy groups -OCH3 is 1. The van der Waals surface area contributed by atoms with E-state index >= 15 is 0 Å². The highest BCUT2D eigenvalue weighted by molar-refractivity contribution is 5.85. The van der Waals surface area contributed by atoms with Crippen molar-refractivity contribution in [1.82, 2.24) is 5.32 Å². The zero-order valence-electron chi connectivity index (χ0n) is 8.87. The van der Waals surface area contributed by atoms with E-state index in [9.17, 15) is 0 Å². The van der Waals surface area contributed by atoms with E-state index in [0.717, 1.165) is 31.9 Å². The second-order valence-electron chi connectivity index (χ2n) is 3.41. The van der Waals surface area contributed by atoms with Crippen LogP contribution in [0.1, 0.15) is 0 Å². The van der Waals surface area contributed by atoms with Crippen molar-refractivity contribution in [3.05, 3.63) is 24.3 Å². The van der Waals surface area contributed by atoms with Crippen molar-refractivity contribution in [2.75, 3.05) is 38.2 Å². The Morgan fingerprint density at radius 2 is 1.87 bits per heavy atom. The van der Waals surface area contributed by atoms with Crippen LogP contribution in [0.3, 0.4) is 0 Å². The molecule has 1 aliphatic heterocycles. The van der Waals surface area contributed by atoms with E-state index in [0.29, 0.717) is 0 Å². The summed E-state index contributed by atoms with van der Waals surface area (Å²) >= 11 is 0. The van der Waals surface area contributed by atoms with Crippen LogP contribution >= 0.6 is 12.4 Å². The molecule has 1 radical (unpaired) electrons. The van der Waals surface area contributed by atoms with Gasteiger partial charge in [-0.1, -0.05) is 12.1 Å². The van der Waals surface area contributed by atoms with Gasteiger partial charge in [-0.05, 0) is 12.1 Å². The van der Waals surface area contributed by atoms with Crippen LogP contribution in [-0.4, -0.2) is 33.3 Å². The first-order valence-corrected chi connectivity index (χ1v) is 5.00. The molecule has 0 unspecified atom stereocenters. The molecule has 0 bridgehead atoms. The SMILES string of the molecule is COc1ccccc1N1CCNCC1.[Cl]. The summed E-state index contributed by atoms with van der Waals surface area (Å²) in [5.74, 6) is 0.967. The van der Waals surface area contributed by atoms with Crippen molar-refractivity contribution in [2.45, 2.75) is 0 Å². The molecule has 83 valence electrons. The summed E-state index contributed by atoms with van der Waals surface area (Å²) in [6, 6.07) is 8.19. The van der Waals surface area contributed by atoms with E-state index in [1.807, 2.05) is 12.1 Å². The predicted octanol–water partition coefficient (Wildman–Crippen LogP) is 1.79. The Kier molecular flexibility index (Phi) is 4.72. The highest BCUT2D eigenvalue weighted by Gasteiger charge is 2.13. The number of piperazine rings is 1. The second-order valence-corrected chi connectivity index (χ2v) is 3.41. The van der Waals surface area contributed by atoms with E-state index in [1.165, 1.54) is 5.69 Å². The maximum atomic E-state index is 5.34. The second kappa shape index (κ2) is 5.83. The van der Waals surface area contributed by atoms with Gasteiger partial charge in [-0.3, -0.25) is 0 Å². The number of rotatable bonds is 2. The molecular formula is C11H16ClN2O. The molecule has 1 aromatic carbocycles. The van der Waals surface area contributed by atoms with Crippen LogP contribution in [-0.2, 0) is 0 Å². The summed E-state index contributed by atoms with van der Waals surface area (Å²) in [4.78, 5) is 2.36. The molecule has 1 aliphatic rings. The van der Waals surface area contributed by atoms with Crippen molar-refractivity contribution >= 4 is 18.1 Å². The molecule has 15 heavy (non-hydrogen) atoms. The maximum absolute atomic E-state index is 5.34. The predicted molar refractivity (Wildman–Crippen MR) is 63.9 cm³/mol. The lowest BCUT2D eigenvalue weighted by atomic mass is 10.2. The molecule has 0 spiro atoms. The lowest BCUT2D eigenvalue weighted by Crippen LogP contribution is -2.43. The van der Waals surface area contributed by atoms with Crippen LogP contribution in [0, 0.1) is 0 Å². The van der Waals surface area contributed by atoms with E-state index in [4.69, 9.17) is 4.74 Å². The number of nitrogens with one attached hydrogen (secondary N) is 1. The first kappa shape index (κ1) is 12.1. The van der Waals surface area contributed by atoms with Gasteiger partial charge < -0.3 is 15.0 Å². The molecule has 1 saturated heterocycles. The minimum Gasteiger partial charge on any atom is -0.495 e. The van der Waals surface area contributed by atoms with Crippen molar-refractivity contribution in [2.24, 2.45) is 0 Å². The highest BCUT2D eigenvalue weighted by Crippen LogP contribution is 2.27. The Morgan fingerprint density at radius 1 is 1.20 bits per heavy atom. The van der Waals surface area contributed by atoms with Gasteiger partial charge in [-0.15, -0.1) is 0 Å². The number of benzene rings is 1. The average Bonchev–Trinajstić information content (AvgIpc) is 2.30. The summed E-state index contributed by atoms with van der Waals surface area (Å²) in [6.45, 7) is 4.22. The first-order chi connectivity index (χ1) is 6.92.